The fourth-order valence-corrected chi connectivity index (χ4v) is 1.87. The van der Waals surface area contributed by atoms with Crippen molar-refractivity contribution in [2.45, 2.75) is 26.3 Å². The predicted molar refractivity (Wildman–Crippen MR) is 73.3 cm³/mol. The number of nitrogens with zero attached hydrogens (tertiary/aromatic N) is 3. The topological polar surface area (TPSA) is 76.7 Å². The minimum Gasteiger partial charge on any atom is -0.351 e. The Morgan fingerprint density at radius 3 is 2.61 bits per heavy atom. The maximum Gasteiger partial charge on any atom is 0.243 e. The maximum absolute atomic E-state index is 6.00. The Morgan fingerprint density at radius 1 is 1.17 bits per heavy atom. The summed E-state index contributed by atoms with van der Waals surface area (Å²) >= 11 is 0. The van der Waals surface area contributed by atoms with Gasteiger partial charge in [0, 0.05) is 12.6 Å². The van der Waals surface area contributed by atoms with Crippen molar-refractivity contribution in [3.8, 4) is 0 Å². The fourth-order valence-electron chi connectivity index (χ4n) is 1.87. The summed E-state index contributed by atoms with van der Waals surface area (Å²) in [6.45, 7) is 4.99. The summed E-state index contributed by atoms with van der Waals surface area (Å²) in [5, 5.41) is 11.3. The van der Waals surface area contributed by atoms with E-state index < -0.39 is 0 Å². The number of fused-ring (bicyclic) bond motifs is 1. The van der Waals surface area contributed by atoms with E-state index in [1.807, 2.05) is 24.3 Å². The molecule has 0 aliphatic carbocycles. The Hall–Kier alpha value is -1.75. The molecule has 0 aliphatic rings. The minimum absolute atomic E-state index is 0.111. The van der Waals surface area contributed by atoms with Gasteiger partial charge in [0.2, 0.25) is 5.95 Å². The lowest BCUT2D eigenvalue weighted by molar-refractivity contribution is 0.507. The molecule has 1 aromatic heterocycles. The van der Waals surface area contributed by atoms with Crippen LogP contribution in [0.4, 0.5) is 5.95 Å². The van der Waals surface area contributed by atoms with E-state index in [0.717, 1.165) is 17.5 Å². The highest BCUT2D eigenvalue weighted by Gasteiger charge is 2.06. The van der Waals surface area contributed by atoms with Crippen LogP contribution in [0.5, 0.6) is 0 Å². The monoisotopic (exact) mass is 245 g/mol. The minimum atomic E-state index is 0.111. The van der Waals surface area contributed by atoms with Gasteiger partial charge in [-0.2, -0.15) is 0 Å². The van der Waals surface area contributed by atoms with Gasteiger partial charge < -0.3 is 11.1 Å². The first-order valence-corrected chi connectivity index (χ1v) is 6.24. The number of hydrogen-bond acceptors (Lipinski definition) is 5. The van der Waals surface area contributed by atoms with Crippen LogP contribution in [0.3, 0.4) is 0 Å². The number of anilines is 1. The molecule has 18 heavy (non-hydrogen) atoms. The molecule has 2 aromatic rings. The third-order valence-corrected chi connectivity index (χ3v) is 2.66. The molecular formula is C13H19N5. The molecule has 2 rings (SSSR count). The molecule has 0 saturated carbocycles. The molecule has 0 fully saturated rings. The molecule has 0 aliphatic heterocycles. The predicted octanol–water partition coefficient (Wildman–Crippen LogP) is 1.81. The first-order chi connectivity index (χ1) is 8.65. The quantitative estimate of drug-likeness (QED) is 0.840. The van der Waals surface area contributed by atoms with Crippen molar-refractivity contribution in [1.29, 1.82) is 0 Å². The largest absolute Gasteiger partial charge is 0.351 e. The molecular weight excluding hydrogens is 226 g/mol. The second-order valence-electron chi connectivity index (χ2n) is 4.89. The van der Waals surface area contributed by atoms with Crippen LogP contribution in [0.15, 0.2) is 24.3 Å². The van der Waals surface area contributed by atoms with Crippen LogP contribution >= 0.6 is 0 Å². The van der Waals surface area contributed by atoms with E-state index in [1.54, 1.807) is 0 Å². The molecule has 0 radical (unpaired) electrons. The number of benzene rings is 1. The summed E-state index contributed by atoms with van der Waals surface area (Å²) in [5.41, 5.74) is 7.64. The van der Waals surface area contributed by atoms with E-state index >= 15 is 0 Å². The number of hydrogen-bond donors (Lipinski definition) is 2. The molecule has 1 atom stereocenters. The van der Waals surface area contributed by atoms with Crippen LogP contribution < -0.4 is 11.1 Å². The average Bonchev–Trinajstić information content (AvgIpc) is 2.35. The van der Waals surface area contributed by atoms with Crippen molar-refractivity contribution in [2.24, 2.45) is 11.7 Å². The molecule has 1 heterocycles. The molecule has 5 heteroatoms. The highest BCUT2D eigenvalue weighted by Crippen LogP contribution is 2.09. The van der Waals surface area contributed by atoms with Crippen molar-refractivity contribution in [2.75, 3.05) is 11.9 Å². The van der Waals surface area contributed by atoms with Gasteiger partial charge in [0.05, 0.1) is 5.52 Å². The first kappa shape index (κ1) is 12.7. The van der Waals surface area contributed by atoms with Gasteiger partial charge in [-0.3, -0.25) is 0 Å². The van der Waals surface area contributed by atoms with Gasteiger partial charge in [-0.25, -0.2) is 4.98 Å². The lowest BCUT2D eigenvalue weighted by Gasteiger charge is -2.14. The van der Waals surface area contributed by atoms with Gasteiger partial charge in [-0.1, -0.05) is 26.0 Å². The third kappa shape index (κ3) is 3.37. The second-order valence-corrected chi connectivity index (χ2v) is 4.89. The number of para-hydroxylation sites is 1. The van der Waals surface area contributed by atoms with E-state index in [1.165, 1.54) is 0 Å². The number of rotatable bonds is 5. The molecule has 1 aromatic carbocycles. The van der Waals surface area contributed by atoms with E-state index in [-0.39, 0.29) is 6.04 Å². The van der Waals surface area contributed by atoms with Crippen LogP contribution in [0.1, 0.15) is 20.3 Å². The normalized spacial score (nSPS) is 12.9. The van der Waals surface area contributed by atoms with Crippen molar-refractivity contribution in [3.63, 3.8) is 0 Å². The second kappa shape index (κ2) is 5.73. The first-order valence-electron chi connectivity index (χ1n) is 6.24. The van der Waals surface area contributed by atoms with Crippen molar-refractivity contribution in [1.82, 2.24) is 15.2 Å². The molecule has 0 saturated heterocycles. The van der Waals surface area contributed by atoms with Crippen LogP contribution in [0.2, 0.25) is 0 Å². The van der Waals surface area contributed by atoms with E-state index in [9.17, 15) is 0 Å². The van der Waals surface area contributed by atoms with Gasteiger partial charge in [0.25, 0.3) is 0 Å². The summed E-state index contributed by atoms with van der Waals surface area (Å²) in [6, 6.07) is 7.78. The Labute approximate surface area is 107 Å². The van der Waals surface area contributed by atoms with E-state index in [2.05, 4.69) is 34.3 Å². The van der Waals surface area contributed by atoms with Crippen molar-refractivity contribution in [3.05, 3.63) is 24.3 Å². The van der Waals surface area contributed by atoms with Crippen LogP contribution in [-0.4, -0.2) is 27.8 Å². The maximum atomic E-state index is 6.00. The highest BCUT2D eigenvalue weighted by atomic mass is 15.2. The van der Waals surface area contributed by atoms with Gasteiger partial charge in [0.1, 0.15) is 5.52 Å². The Bertz CT molecular complexity index is 511. The summed E-state index contributed by atoms with van der Waals surface area (Å²) in [7, 11) is 0. The zero-order valence-corrected chi connectivity index (χ0v) is 10.8. The standard InChI is InChI=1S/C13H19N5/c1-9(2)7-10(14)8-15-13-16-11-5-3-4-6-12(11)17-18-13/h3-6,9-10H,7-8,14H2,1-2H3,(H,15,16,18). The van der Waals surface area contributed by atoms with Gasteiger partial charge in [-0.05, 0) is 24.5 Å². The molecule has 1 unspecified atom stereocenters. The van der Waals surface area contributed by atoms with Gasteiger partial charge >= 0.3 is 0 Å². The Kier molecular flexibility index (Phi) is 4.04. The fraction of sp³-hybridized carbons (Fsp3) is 0.462. The molecule has 3 N–H and O–H groups in total. The summed E-state index contributed by atoms with van der Waals surface area (Å²) in [6.07, 6.45) is 0.980. The van der Waals surface area contributed by atoms with E-state index in [0.29, 0.717) is 18.4 Å². The van der Waals surface area contributed by atoms with E-state index in [4.69, 9.17) is 5.73 Å². The molecule has 96 valence electrons. The Morgan fingerprint density at radius 2 is 1.89 bits per heavy atom. The zero-order valence-electron chi connectivity index (χ0n) is 10.8. The lowest BCUT2D eigenvalue weighted by atomic mass is 10.0. The summed E-state index contributed by atoms with van der Waals surface area (Å²) in [4.78, 5) is 4.39. The molecule has 0 spiro atoms. The molecule has 5 nitrogen and oxygen atoms in total. The number of aromatic nitrogens is 3. The molecule has 0 bridgehead atoms. The Balaban J connectivity index is 1.99. The van der Waals surface area contributed by atoms with Gasteiger partial charge in [-0.15, -0.1) is 10.2 Å². The van der Waals surface area contributed by atoms with Crippen molar-refractivity contribution >= 4 is 17.0 Å². The third-order valence-electron chi connectivity index (χ3n) is 2.66. The van der Waals surface area contributed by atoms with Gasteiger partial charge in [0.15, 0.2) is 0 Å². The summed E-state index contributed by atoms with van der Waals surface area (Å²) < 4.78 is 0. The number of nitrogens with two attached hydrogens (primary N) is 1. The van der Waals surface area contributed by atoms with Crippen molar-refractivity contribution < 1.29 is 0 Å². The summed E-state index contributed by atoms with van der Waals surface area (Å²) in [5.74, 6) is 1.13. The van der Waals surface area contributed by atoms with Crippen LogP contribution in [0.25, 0.3) is 11.0 Å². The highest BCUT2D eigenvalue weighted by molar-refractivity contribution is 5.73. The average molecular weight is 245 g/mol. The number of nitrogens with one attached hydrogen (secondary N) is 1. The lowest BCUT2D eigenvalue weighted by Crippen LogP contribution is -2.31. The SMILES string of the molecule is CC(C)CC(N)CNc1nnc2ccccc2n1. The van der Waals surface area contributed by atoms with Crippen LogP contribution in [0, 0.1) is 5.92 Å². The zero-order chi connectivity index (χ0) is 13.0. The van der Waals surface area contributed by atoms with Crippen LogP contribution in [-0.2, 0) is 0 Å². The molecule has 0 amide bonds. The smallest absolute Gasteiger partial charge is 0.243 e.